The highest BCUT2D eigenvalue weighted by Gasteiger charge is 2.80. The van der Waals surface area contributed by atoms with Gasteiger partial charge >= 0.3 is 30.5 Å². The van der Waals surface area contributed by atoms with Gasteiger partial charge in [0.2, 0.25) is 5.91 Å². The maximum Gasteiger partial charge on any atom is 0.408 e. The molecule has 3 aliphatic heterocycles. The van der Waals surface area contributed by atoms with E-state index in [0.29, 0.717) is 0 Å². The van der Waals surface area contributed by atoms with E-state index in [2.05, 4.69) is 37.8 Å². The molecule has 13 N–H and O–H groups in total. The van der Waals surface area contributed by atoms with Gasteiger partial charge in [0.05, 0.1) is 24.7 Å². The fraction of sp³-hybridized carbons (Fsp3) is 0.852. The molecule has 30 nitrogen and oxygen atoms in total. The highest BCUT2D eigenvalue weighted by Crippen LogP contribution is 2.55. The Hall–Kier alpha value is -5.14. The molecule has 5 rings (SSSR count). The van der Waals surface area contributed by atoms with E-state index in [-0.39, 0.29) is 19.3 Å². The van der Waals surface area contributed by atoms with Gasteiger partial charge in [0.25, 0.3) is 0 Å². The normalized spacial score (nSPS) is 35.2. The summed E-state index contributed by atoms with van der Waals surface area (Å²) in [6, 6.07) is -7.68. The number of unbranched alkanes of at least 4 members (excludes halogenated alkanes) is 1. The topological polar surface area (TPSA) is 418 Å². The summed E-state index contributed by atoms with van der Waals surface area (Å²) in [6.07, 6.45) is -25.7. The number of alkyl carbamates (subject to hydrolysis) is 5. The summed E-state index contributed by atoms with van der Waals surface area (Å²) in [5.41, 5.74) is -7.52. The van der Waals surface area contributed by atoms with Crippen LogP contribution in [0.25, 0.3) is 0 Å². The second-order valence-corrected chi connectivity index (χ2v) is 26.3. The van der Waals surface area contributed by atoms with Crippen molar-refractivity contribution in [3.05, 3.63) is 0 Å². The minimum atomic E-state index is -2.20. The summed E-state index contributed by atoms with van der Waals surface area (Å²) in [7, 11) is 0. The summed E-state index contributed by atoms with van der Waals surface area (Å²) >= 11 is 0. The summed E-state index contributed by atoms with van der Waals surface area (Å²) in [5, 5.41) is 96.7. The number of terminal acetylenes is 1. The van der Waals surface area contributed by atoms with Crippen LogP contribution < -0.4 is 31.9 Å². The van der Waals surface area contributed by atoms with Crippen LogP contribution >= 0.6 is 0 Å². The number of hydrogen-bond acceptors (Lipinski definition) is 24. The summed E-state index contributed by atoms with van der Waals surface area (Å²) in [5.74, 6) is 1.85. The Labute approximate surface area is 488 Å². The first-order valence-electron chi connectivity index (χ1n) is 27.9. The van der Waals surface area contributed by atoms with Crippen molar-refractivity contribution < 1.29 is 117 Å². The Morgan fingerprint density at radius 3 is 1.46 bits per heavy atom. The quantitative estimate of drug-likeness (QED) is 0.0503. The smallest absolute Gasteiger partial charge is 0.408 e. The number of aliphatic hydroxyl groups is 7. The maximum atomic E-state index is 13.8. The minimum Gasteiger partial charge on any atom is -0.444 e. The zero-order valence-electron chi connectivity index (χ0n) is 50.4. The number of ether oxygens (including phenoxy) is 11. The first-order valence-corrected chi connectivity index (χ1v) is 27.9. The number of carbonyl (C=O) groups excluding carboxylic acids is 6. The van der Waals surface area contributed by atoms with E-state index in [9.17, 15) is 64.5 Å². The van der Waals surface area contributed by atoms with Crippen LogP contribution in [0.15, 0.2) is 0 Å². The Morgan fingerprint density at radius 1 is 0.536 bits per heavy atom. The zero-order valence-corrected chi connectivity index (χ0v) is 50.4. The lowest BCUT2D eigenvalue weighted by atomic mass is 9.83. The molecule has 3 saturated heterocycles. The van der Waals surface area contributed by atoms with Crippen LogP contribution in [0.1, 0.15) is 130 Å². The fourth-order valence-electron chi connectivity index (χ4n) is 9.76. The number of amides is 6. The number of carbonyl (C=O) groups is 6. The molecule has 0 radical (unpaired) electrons. The van der Waals surface area contributed by atoms with Gasteiger partial charge in [0.15, 0.2) is 24.5 Å². The lowest BCUT2D eigenvalue weighted by Gasteiger charge is -2.49. The fourth-order valence-corrected chi connectivity index (χ4v) is 9.76. The Bertz CT molecular complexity index is 2330. The van der Waals surface area contributed by atoms with E-state index < -0.39 is 206 Å². The Balaban J connectivity index is 1.63. The van der Waals surface area contributed by atoms with Crippen LogP contribution in [0.3, 0.4) is 0 Å². The standard InChI is InChI=1S/C54H90N6O24/c1-17-18-19-20-28(62)58-38-40-54(38,79-42-30(60-48(73)84-53(14,15)16)35(67)32(64)26(74-42)22-55-44(69)80-49(2,3)4)39(68)43(78-40)77-37-31(63)24(56-45(70)81-50(5,6)7)21-25(57-46(71)82-51(8,9)10)36(37)76-41-29(59-47(72)83-52(11,12)13)34(66)33(65)27(23-61)75-41/h1,24-27,29-43,61,63-68H,18-23H2,2-16H3,(H,55,69)(H,56,70)(H,57,71)(H,58,62)(H,59,72)(H,60,73)/t24-,25+,26?,27-,29-,30-,31+,32-,33-,34-,35-,36-,37-,38?,39+,40-,41-,42-,43-,54+/m1/s1. The molecule has 5 aliphatic rings. The molecule has 0 spiro atoms. The van der Waals surface area contributed by atoms with Gasteiger partial charge in [-0.1, -0.05) is 0 Å². The summed E-state index contributed by atoms with van der Waals surface area (Å²) in [4.78, 5) is 80.4. The SMILES string of the molecule is C#CCCCC(=O)NC1[C@H]2O[C@@H](O[C@@H]3[C@@H](O)[C@H](NC(=O)OC(C)(C)C)C[C@H](NC(=O)OC(C)(C)C)[C@H]3O[C@H]3O[C@H](CO)[C@@H](O)[C@H](O)[C@H]3NC(=O)OC(C)(C)C)[C@H](O)[C@@]12O[C@H]1OC(CNC(=O)OC(C)(C)C)[C@@H](O)[C@H](O)[C@H]1NC(=O)OC(C)(C)C. The van der Waals surface area contributed by atoms with Crippen LogP contribution in [-0.4, -0.2) is 235 Å². The molecule has 3 heterocycles. The van der Waals surface area contributed by atoms with Crippen molar-refractivity contribution in [2.45, 2.75) is 279 Å². The van der Waals surface area contributed by atoms with Gasteiger partial charge in [-0.2, -0.15) is 0 Å². The average molecular weight is 1210 g/mol. The second kappa shape index (κ2) is 27.3. The van der Waals surface area contributed by atoms with Crippen molar-refractivity contribution >= 4 is 36.4 Å². The molecule has 2 saturated carbocycles. The van der Waals surface area contributed by atoms with Crippen molar-refractivity contribution in [1.82, 2.24) is 31.9 Å². The van der Waals surface area contributed by atoms with E-state index in [4.69, 9.17) is 58.5 Å². The van der Waals surface area contributed by atoms with Gasteiger partial charge in [0, 0.05) is 19.4 Å². The van der Waals surface area contributed by atoms with Crippen LogP contribution in [0.4, 0.5) is 24.0 Å². The number of aliphatic hydroxyl groups excluding tert-OH is 7. The van der Waals surface area contributed by atoms with Crippen molar-refractivity contribution in [2.75, 3.05) is 13.2 Å². The molecule has 5 fully saturated rings. The third kappa shape index (κ3) is 18.9. The predicted octanol–water partition coefficient (Wildman–Crippen LogP) is -0.352. The van der Waals surface area contributed by atoms with Gasteiger partial charge in [-0.25, -0.2) is 24.0 Å². The number of nitrogens with one attached hydrogen (secondary N) is 6. The van der Waals surface area contributed by atoms with Crippen LogP contribution in [0.2, 0.25) is 0 Å². The first kappa shape index (κ1) is 69.6. The number of hydrogen-bond donors (Lipinski definition) is 13. The molecule has 84 heavy (non-hydrogen) atoms. The largest absolute Gasteiger partial charge is 0.444 e. The highest BCUT2D eigenvalue weighted by molar-refractivity contribution is 5.77. The molecule has 20 atom stereocenters. The Kier molecular flexibility index (Phi) is 22.6. The lowest BCUT2D eigenvalue weighted by Crippen LogP contribution is -2.70. The van der Waals surface area contributed by atoms with E-state index in [1.54, 1.807) is 104 Å². The minimum absolute atomic E-state index is 0.118. The maximum absolute atomic E-state index is 13.8. The highest BCUT2D eigenvalue weighted by atomic mass is 16.8. The van der Waals surface area contributed by atoms with E-state index in [1.165, 1.54) is 0 Å². The molecule has 0 aromatic rings. The van der Waals surface area contributed by atoms with E-state index in [1.807, 2.05) is 0 Å². The van der Waals surface area contributed by atoms with Gasteiger partial charge in [-0.3, -0.25) is 4.79 Å². The third-order valence-electron chi connectivity index (χ3n) is 13.2. The molecule has 30 heteroatoms. The zero-order chi connectivity index (χ0) is 63.4. The van der Waals surface area contributed by atoms with Crippen molar-refractivity contribution in [3.8, 4) is 12.3 Å². The molecular formula is C54H90N6O24. The molecule has 0 bridgehead atoms. The molecule has 6 amide bonds. The molecule has 0 aromatic carbocycles. The van der Waals surface area contributed by atoms with Crippen molar-refractivity contribution in [1.29, 1.82) is 0 Å². The van der Waals surface area contributed by atoms with Gasteiger partial charge in [-0.15, -0.1) is 12.3 Å². The molecule has 2 aliphatic carbocycles. The second-order valence-electron chi connectivity index (χ2n) is 26.3. The monoisotopic (exact) mass is 1210 g/mol. The van der Waals surface area contributed by atoms with Crippen LogP contribution in [0, 0.1) is 12.3 Å². The van der Waals surface area contributed by atoms with Gasteiger partial charge in [-0.05, 0) is 117 Å². The summed E-state index contributed by atoms with van der Waals surface area (Å²) < 4.78 is 65.6. The predicted molar refractivity (Wildman–Crippen MR) is 289 cm³/mol. The van der Waals surface area contributed by atoms with E-state index >= 15 is 0 Å². The van der Waals surface area contributed by atoms with Crippen molar-refractivity contribution in [3.63, 3.8) is 0 Å². The number of rotatable bonds is 17. The van der Waals surface area contributed by atoms with Gasteiger partial charge < -0.3 is 120 Å². The van der Waals surface area contributed by atoms with Gasteiger partial charge in [0.1, 0.15) is 107 Å². The summed E-state index contributed by atoms with van der Waals surface area (Å²) in [6.45, 7) is 22.2. The van der Waals surface area contributed by atoms with E-state index in [0.717, 1.165) is 0 Å². The Morgan fingerprint density at radius 2 is 0.976 bits per heavy atom. The molecule has 2 unspecified atom stereocenters. The molecule has 480 valence electrons. The van der Waals surface area contributed by atoms with Crippen LogP contribution in [-0.2, 0) is 56.9 Å². The van der Waals surface area contributed by atoms with Crippen molar-refractivity contribution in [2.24, 2.45) is 0 Å². The molecule has 0 aromatic heterocycles. The lowest BCUT2D eigenvalue weighted by molar-refractivity contribution is -0.318. The molecular weight excluding hydrogens is 1120 g/mol. The average Bonchev–Trinajstić information content (AvgIpc) is 1.52. The van der Waals surface area contributed by atoms with Crippen LogP contribution in [0.5, 0.6) is 0 Å². The first-order chi connectivity index (χ1) is 38.6. The number of fused-ring (bicyclic) bond motifs is 1. The third-order valence-corrected chi connectivity index (χ3v) is 13.2.